The van der Waals surface area contributed by atoms with Crippen LogP contribution in [-0.4, -0.2) is 48.5 Å². The van der Waals surface area contributed by atoms with Crippen LogP contribution >= 0.6 is 0 Å². The van der Waals surface area contributed by atoms with Gasteiger partial charge in [0, 0.05) is 19.0 Å². The van der Waals surface area contributed by atoms with E-state index in [9.17, 15) is 13.6 Å². The van der Waals surface area contributed by atoms with Gasteiger partial charge in [-0.1, -0.05) is 19.1 Å². The molecule has 4 heterocycles. The SMILES string of the molecule is C[C@@H]1CCN(C(=O)c2nc3ccccc3o2)C[C@H]1c1cc(C(F)F)nc2ncnn12. The minimum atomic E-state index is -2.72. The van der Waals surface area contributed by atoms with Crippen molar-refractivity contribution in [3.8, 4) is 0 Å². The molecule has 0 saturated carbocycles. The van der Waals surface area contributed by atoms with Crippen LogP contribution in [0.4, 0.5) is 8.78 Å². The molecule has 2 atom stereocenters. The van der Waals surface area contributed by atoms with Crippen molar-refractivity contribution >= 4 is 22.8 Å². The molecule has 1 amide bonds. The average molecular weight is 412 g/mol. The summed E-state index contributed by atoms with van der Waals surface area (Å²) in [6, 6.07) is 8.53. The van der Waals surface area contributed by atoms with Crippen LogP contribution in [0.15, 0.2) is 41.1 Å². The maximum Gasteiger partial charge on any atom is 0.309 e. The molecule has 4 aromatic rings. The highest BCUT2D eigenvalue weighted by molar-refractivity contribution is 5.92. The molecule has 5 rings (SSSR count). The van der Waals surface area contributed by atoms with Crippen molar-refractivity contribution in [1.82, 2.24) is 29.5 Å². The molecular weight excluding hydrogens is 394 g/mol. The van der Waals surface area contributed by atoms with Gasteiger partial charge in [-0.05, 0) is 30.5 Å². The maximum absolute atomic E-state index is 13.4. The first-order valence-electron chi connectivity index (χ1n) is 9.65. The number of rotatable bonds is 3. The van der Waals surface area contributed by atoms with Crippen molar-refractivity contribution in [3.63, 3.8) is 0 Å². The van der Waals surface area contributed by atoms with Crippen molar-refractivity contribution < 1.29 is 18.0 Å². The van der Waals surface area contributed by atoms with Crippen molar-refractivity contribution in [2.75, 3.05) is 13.1 Å². The Bertz CT molecular complexity index is 1200. The molecule has 0 radical (unpaired) electrons. The van der Waals surface area contributed by atoms with E-state index in [1.54, 1.807) is 17.0 Å². The van der Waals surface area contributed by atoms with E-state index in [0.29, 0.717) is 36.3 Å². The molecule has 0 unspecified atom stereocenters. The van der Waals surface area contributed by atoms with Crippen LogP contribution in [-0.2, 0) is 0 Å². The Morgan fingerprint density at radius 1 is 1.27 bits per heavy atom. The molecule has 0 aliphatic carbocycles. The number of aromatic nitrogens is 5. The van der Waals surface area contributed by atoms with E-state index in [0.717, 1.165) is 0 Å². The number of piperidine rings is 1. The lowest BCUT2D eigenvalue weighted by atomic mass is 9.84. The fourth-order valence-electron chi connectivity index (χ4n) is 3.97. The third-order valence-electron chi connectivity index (χ3n) is 5.63. The molecule has 1 saturated heterocycles. The van der Waals surface area contributed by atoms with Crippen molar-refractivity contribution in [1.29, 1.82) is 0 Å². The molecular formula is C20H18F2N6O2. The molecule has 1 aromatic carbocycles. The molecule has 3 aromatic heterocycles. The third kappa shape index (κ3) is 3.08. The number of oxazole rings is 1. The van der Waals surface area contributed by atoms with E-state index in [2.05, 4.69) is 20.1 Å². The predicted octanol–water partition coefficient (Wildman–Crippen LogP) is 3.47. The number of nitrogens with zero attached hydrogens (tertiary/aromatic N) is 6. The van der Waals surface area contributed by atoms with Crippen LogP contribution in [0.3, 0.4) is 0 Å². The number of carbonyl (C=O) groups is 1. The van der Waals surface area contributed by atoms with E-state index < -0.39 is 6.43 Å². The Labute approximate surface area is 169 Å². The van der Waals surface area contributed by atoms with Crippen LogP contribution in [0.2, 0.25) is 0 Å². The molecule has 10 heteroatoms. The molecule has 0 spiro atoms. The lowest BCUT2D eigenvalue weighted by molar-refractivity contribution is 0.0628. The van der Waals surface area contributed by atoms with Crippen molar-refractivity contribution in [3.05, 3.63) is 53.9 Å². The lowest BCUT2D eigenvalue weighted by Crippen LogP contribution is -2.42. The monoisotopic (exact) mass is 412 g/mol. The summed E-state index contributed by atoms with van der Waals surface area (Å²) >= 11 is 0. The number of para-hydroxylation sites is 2. The van der Waals surface area contributed by atoms with Gasteiger partial charge in [0.2, 0.25) is 0 Å². The highest BCUT2D eigenvalue weighted by Gasteiger charge is 2.34. The second-order valence-electron chi connectivity index (χ2n) is 7.49. The van der Waals surface area contributed by atoms with E-state index in [1.807, 2.05) is 19.1 Å². The van der Waals surface area contributed by atoms with Gasteiger partial charge in [-0.3, -0.25) is 4.79 Å². The van der Waals surface area contributed by atoms with Crippen LogP contribution in [0.5, 0.6) is 0 Å². The Morgan fingerprint density at radius 3 is 2.90 bits per heavy atom. The summed E-state index contributed by atoms with van der Waals surface area (Å²) in [4.78, 5) is 26.8. The van der Waals surface area contributed by atoms with Gasteiger partial charge < -0.3 is 9.32 Å². The predicted molar refractivity (Wildman–Crippen MR) is 102 cm³/mol. The van der Waals surface area contributed by atoms with Crippen LogP contribution in [0, 0.1) is 5.92 Å². The van der Waals surface area contributed by atoms with Gasteiger partial charge >= 0.3 is 5.91 Å². The summed E-state index contributed by atoms with van der Waals surface area (Å²) in [5.74, 6) is -0.230. The molecule has 8 nitrogen and oxygen atoms in total. The number of amides is 1. The molecule has 1 aliphatic rings. The topological polar surface area (TPSA) is 89.4 Å². The van der Waals surface area contributed by atoms with Gasteiger partial charge in [0.05, 0.1) is 5.69 Å². The van der Waals surface area contributed by atoms with E-state index >= 15 is 0 Å². The zero-order valence-corrected chi connectivity index (χ0v) is 16.1. The van der Waals surface area contributed by atoms with Crippen LogP contribution in [0.25, 0.3) is 16.9 Å². The largest absolute Gasteiger partial charge is 0.432 e. The first kappa shape index (κ1) is 18.6. The molecule has 1 aliphatic heterocycles. The lowest BCUT2D eigenvalue weighted by Gasteiger charge is -2.36. The van der Waals surface area contributed by atoms with Crippen molar-refractivity contribution in [2.24, 2.45) is 5.92 Å². The zero-order valence-electron chi connectivity index (χ0n) is 16.1. The van der Waals surface area contributed by atoms with Crippen LogP contribution in [0.1, 0.15) is 47.8 Å². The highest BCUT2D eigenvalue weighted by atomic mass is 19.3. The molecule has 0 bridgehead atoms. The summed E-state index contributed by atoms with van der Waals surface area (Å²) < 4.78 is 33.8. The van der Waals surface area contributed by atoms with Gasteiger partial charge in [0.15, 0.2) is 5.58 Å². The van der Waals surface area contributed by atoms with Gasteiger partial charge in [0.25, 0.3) is 18.1 Å². The second kappa shape index (κ2) is 7.12. The fourth-order valence-corrected chi connectivity index (χ4v) is 3.97. The van der Waals surface area contributed by atoms with Crippen molar-refractivity contribution in [2.45, 2.75) is 25.7 Å². The summed E-state index contributed by atoms with van der Waals surface area (Å²) in [5, 5.41) is 4.15. The van der Waals surface area contributed by atoms with Gasteiger partial charge in [-0.25, -0.2) is 23.3 Å². The Kier molecular flexibility index (Phi) is 4.41. The molecule has 154 valence electrons. The standard InChI is InChI=1S/C20H18F2N6O2/c1-11-6-7-27(19(29)18-25-13-4-2-3-5-16(13)30-18)9-12(11)15-8-14(17(21)22)26-20-23-10-24-28(15)20/h2-5,8,10-12,17H,6-7,9H2,1H3/t11-,12-/m1/s1. The third-order valence-corrected chi connectivity index (χ3v) is 5.63. The number of fused-ring (bicyclic) bond motifs is 2. The first-order valence-corrected chi connectivity index (χ1v) is 9.65. The van der Waals surface area contributed by atoms with E-state index in [-0.39, 0.29) is 35.1 Å². The minimum Gasteiger partial charge on any atom is -0.432 e. The smallest absolute Gasteiger partial charge is 0.309 e. The Morgan fingerprint density at radius 2 is 2.10 bits per heavy atom. The summed E-state index contributed by atoms with van der Waals surface area (Å²) in [6.07, 6.45) is -0.726. The number of alkyl halides is 2. The first-order chi connectivity index (χ1) is 14.5. The Hall–Kier alpha value is -3.43. The fraction of sp³-hybridized carbons (Fsp3) is 0.350. The zero-order chi connectivity index (χ0) is 20.8. The van der Waals surface area contributed by atoms with Gasteiger partial charge in [0.1, 0.15) is 17.5 Å². The molecule has 30 heavy (non-hydrogen) atoms. The van der Waals surface area contributed by atoms with E-state index in [1.165, 1.54) is 16.9 Å². The summed E-state index contributed by atoms with van der Waals surface area (Å²) in [6.45, 7) is 2.90. The minimum absolute atomic E-state index is 0.0263. The summed E-state index contributed by atoms with van der Waals surface area (Å²) in [7, 11) is 0. The quantitative estimate of drug-likeness (QED) is 0.512. The molecule has 1 fully saturated rings. The van der Waals surface area contributed by atoms with Crippen LogP contribution < -0.4 is 0 Å². The Balaban J connectivity index is 1.49. The van der Waals surface area contributed by atoms with E-state index in [4.69, 9.17) is 4.42 Å². The molecule has 0 N–H and O–H groups in total. The number of likely N-dealkylation sites (tertiary alicyclic amines) is 1. The second-order valence-corrected chi connectivity index (χ2v) is 7.49. The number of hydrogen-bond donors (Lipinski definition) is 0. The normalized spacial score (nSPS) is 19.8. The summed E-state index contributed by atoms with van der Waals surface area (Å²) in [5.41, 5.74) is 1.38. The number of halogens is 2. The van der Waals surface area contributed by atoms with Gasteiger partial charge in [-0.15, -0.1) is 0 Å². The highest BCUT2D eigenvalue weighted by Crippen LogP contribution is 2.34. The maximum atomic E-state index is 13.4. The number of hydrogen-bond acceptors (Lipinski definition) is 6. The average Bonchev–Trinajstić information content (AvgIpc) is 3.39. The number of benzene rings is 1. The van der Waals surface area contributed by atoms with Gasteiger partial charge in [-0.2, -0.15) is 10.1 Å². The number of carbonyl (C=O) groups excluding carboxylic acids is 1.